The first-order valence-corrected chi connectivity index (χ1v) is 8.68. The number of amides is 1. The van der Waals surface area contributed by atoms with Gasteiger partial charge in [-0.15, -0.1) is 10.2 Å². The Labute approximate surface area is 157 Å². The molecule has 0 saturated heterocycles. The van der Waals surface area contributed by atoms with Crippen LogP contribution in [0.5, 0.6) is 0 Å². The average molecular weight is 357 g/mol. The molecule has 1 amide bonds. The summed E-state index contributed by atoms with van der Waals surface area (Å²) in [7, 11) is 0. The molecule has 1 aromatic heterocycles. The number of carbonyl (C=O) groups excluding carboxylic acids is 1. The molecule has 2 N–H and O–H groups in total. The number of anilines is 2. The van der Waals surface area contributed by atoms with E-state index in [1.807, 2.05) is 24.3 Å². The lowest BCUT2D eigenvalue weighted by molar-refractivity contribution is 0.102. The minimum Gasteiger partial charge on any atom is -0.369 e. The first-order chi connectivity index (χ1) is 13.3. The molecule has 1 heterocycles. The van der Waals surface area contributed by atoms with Crippen molar-refractivity contribution in [1.82, 2.24) is 10.2 Å². The Kier molecular flexibility index (Phi) is 6.10. The minimum absolute atomic E-state index is 0.192. The zero-order chi connectivity index (χ0) is 18.9. The van der Waals surface area contributed by atoms with Gasteiger partial charge in [-0.1, -0.05) is 42.5 Å². The molecule has 0 saturated carbocycles. The fourth-order valence-electron chi connectivity index (χ4n) is 2.58. The monoisotopic (exact) mass is 357 g/mol. The van der Waals surface area contributed by atoms with E-state index < -0.39 is 5.91 Å². The van der Waals surface area contributed by atoms with Crippen LogP contribution < -0.4 is 10.6 Å². The van der Waals surface area contributed by atoms with Gasteiger partial charge in [0, 0.05) is 6.54 Å². The van der Waals surface area contributed by atoms with Crippen molar-refractivity contribution in [2.45, 2.75) is 12.8 Å². The zero-order valence-electron chi connectivity index (χ0n) is 14.7. The molecular weight excluding hydrogens is 338 g/mol. The van der Waals surface area contributed by atoms with Crippen LogP contribution in [0.25, 0.3) is 0 Å². The van der Waals surface area contributed by atoms with Crippen molar-refractivity contribution in [1.29, 1.82) is 5.26 Å². The molecule has 0 aliphatic carbocycles. The first kappa shape index (κ1) is 18.1. The standard InChI is InChI=1S/C21H19N5O/c22-15-17-10-4-5-11-18(17)24-21(27)19-12-13-20(26-25-19)23-14-6-9-16-7-2-1-3-8-16/h1-5,7-8,10-13H,6,9,14H2,(H,23,26)(H,24,27). The Morgan fingerprint density at radius 1 is 0.963 bits per heavy atom. The maximum absolute atomic E-state index is 12.3. The highest BCUT2D eigenvalue weighted by Crippen LogP contribution is 2.14. The Morgan fingerprint density at radius 3 is 2.48 bits per heavy atom. The van der Waals surface area contributed by atoms with Gasteiger partial charge in [-0.25, -0.2) is 0 Å². The number of para-hydroxylation sites is 1. The fourth-order valence-corrected chi connectivity index (χ4v) is 2.58. The summed E-state index contributed by atoms with van der Waals surface area (Å²) in [6, 6.07) is 22.5. The zero-order valence-corrected chi connectivity index (χ0v) is 14.7. The molecule has 6 nitrogen and oxygen atoms in total. The molecule has 3 aromatic rings. The Morgan fingerprint density at radius 2 is 1.74 bits per heavy atom. The number of nitrogens with zero attached hydrogens (tertiary/aromatic N) is 3. The van der Waals surface area contributed by atoms with Gasteiger partial charge in [0.25, 0.3) is 5.91 Å². The van der Waals surface area contributed by atoms with Crippen molar-refractivity contribution in [3.8, 4) is 6.07 Å². The second kappa shape index (κ2) is 9.11. The number of nitriles is 1. The van der Waals surface area contributed by atoms with Gasteiger partial charge in [0.15, 0.2) is 5.69 Å². The van der Waals surface area contributed by atoms with Crippen molar-refractivity contribution in [3.63, 3.8) is 0 Å². The summed E-state index contributed by atoms with van der Waals surface area (Å²) in [6.07, 6.45) is 1.96. The lowest BCUT2D eigenvalue weighted by atomic mass is 10.1. The van der Waals surface area contributed by atoms with Crippen LogP contribution in [0.2, 0.25) is 0 Å². The Hall–Kier alpha value is -3.72. The quantitative estimate of drug-likeness (QED) is 0.630. The third kappa shape index (κ3) is 5.13. The second-order valence-corrected chi connectivity index (χ2v) is 5.93. The van der Waals surface area contributed by atoms with Gasteiger partial charge in [0.2, 0.25) is 0 Å². The molecule has 0 spiro atoms. The Balaban J connectivity index is 1.51. The van der Waals surface area contributed by atoms with E-state index in [0.717, 1.165) is 19.4 Å². The smallest absolute Gasteiger partial charge is 0.276 e. The van der Waals surface area contributed by atoms with Gasteiger partial charge in [0.05, 0.1) is 11.3 Å². The van der Waals surface area contributed by atoms with Gasteiger partial charge >= 0.3 is 0 Å². The van der Waals surface area contributed by atoms with Crippen molar-refractivity contribution >= 4 is 17.4 Å². The molecule has 27 heavy (non-hydrogen) atoms. The van der Waals surface area contributed by atoms with E-state index in [-0.39, 0.29) is 5.69 Å². The minimum atomic E-state index is -0.402. The summed E-state index contributed by atoms with van der Waals surface area (Å²) in [5, 5.41) is 23.0. The van der Waals surface area contributed by atoms with Gasteiger partial charge in [0.1, 0.15) is 11.9 Å². The molecule has 0 unspecified atom stereocenters. The number of nitrogens with one attached hydrogen (secondary N) is 2. The molecule has 2 aromatic carbocycles. The van der Waals surface area contributed by atoms with E-state index in [9.17, 15) is 4.79 Å². The van der Waals surface area contributed by atoms with Crippen molar-refractivity contribution in [2.24, 2.45) is 0 Å². The molecular formula is C21H19N5O. The summed E-state index contributed by atoms with van der Waals surface area (Å²) >= 11 is 0. The van der Waals surface area contributed by atoms with Crippen LogP contribution in [0.15, 0.2) is 66.7 Å². The van der Waals surface area contributed by atoms with E-state index >= 15 is 0 Å². The Bertz CT molecular complexity index is 933. The van der Waals surface area contributed by atoms with E-state index in [2.05, 4.69) is 33.0 Å². The van der Waals surface area contributed by atoms with Crippen LogP contribution in [0, 0.1) is 11.3 Å². The van der Waals surface area contributed by atoms with Crippen LogP contribution in [-0.2, 0) is 6.42 Å². The molecule has 0 bridgehead atoms. The van der Waals surface area contributed by atoms with Crippen molar-refractivity contribution < 1.29 is 4.79 Å². The third-order valence-electron chi connectivity index (χ3n) is 3.98. The number of benzene rings is 2. The lowest BCUT2D eigenvalue weighted by Crippen LogP contribution is -2.15. The highest BCUT2D eigenvalue weighted by Gasteiger charge is 2.10. The largest absolute Gasteiger partial charge is 0.369 e. The van der Waals surface area contributed by atoms with E-state index in [0.29, 0.717) is 17.1 Å². The van der Waals surface area contributed by atoms with Crippen LogP contribution in [0.3, 0.4) is 0 Å². The van der Waals surface area contributed by atoms with Crippen LogP contribution in [0.4, 0.5) is 11.5 Å². The predicted octanol–water partition coefficient (Wildman–Crippen LogP) is 3.65. The summed E-state index contributed by atoms with van der Waals surface area (Å²) in [5.41, 5.74) is 2.35. The van der Waals surface area contributed by atoms with Crippen LogP contribution >= 0.6 is 0 Å². The van der Waals surface area contributed by atoms with Gasteiger partial charge in [-0.05, 0) is 42.7 Å². The number of aromatic nitrogens is 2. The lowest BCUT2D eigenvalue weighted by Gasteiger charge is -2.07. The molecule has 0 atom stereocenters. The summed E-state index contributed by atoms with van der Waals surface area (Å²) in [4.78, 5) is 12.3. The highest BCUT2D eigenvalue weighted by molar-refractivity contribution is 6.03. The third-order valence-corrected chi connectivity index (χ3v) is 3.98. The molecule has 134 valence electrons. The molecule has 3 rings (SSSR count). The van der Waals surface area contributed by atoms with Crippen molar-refractivity contribution in [2.75, 3.05) is 17.2 Å². The fraction of sp³-hybridized carbons (Fsp3) is 0.143. The van der Waals surface area contributed by atoms with E-state index in [1.54, 1.807) is 36.4 Å². The normalized spacial score (nSPS) is 10.0. The molecule has 0 aliphatic heterocycles. The summed E-state index contributed by atoms with van der Waals surface area (Å²) in [6.45, 7) is 0.769. The number of aryl methyl sites for hydroxylation is 1. The number of rotatable bonds is 7. The van der Waals surface area contributed by atoms with Gasteiger partial charge < -0.3 is 10.6 Å². The molecule has 0 fully saturated rings. The van der Waals surface area contributed by atoms with Crippen LogP contribution in [0.1, 0.15) is 28.0 Å². The van der Waals surface area contributed by atoms with E-state index in [4.69, 9.17) is 5.26 Å². The van der Waals surface area contributed by atoms with Crippen LogP contribution in [-0.4, -0.2) is 22.6 Å². The predicted molar refractivity (Wildman–Crippen MR) is 104 cm³/mol. The first-order valence-electron chi connectivity index (χ1n) is 8.68. The molecule has 0 aliphatic rings. The van der Waals surface area contributed by atoms with Crippen molar-refractivity contribution in [3.05, 3.63) is 83.6 Å². The average Bonchev–Trinajstić information content (AvgIpc) is 2.73. The van der Waals surface area contributed by atoms with Gasteiger partial charge in [-0.2, -0.15) is 5.26 Å². The number of hydrogen-bond acceptors (Lipinski definition) is 5. The number of hydrogen-bond donors (Lipinski definition) is 2. The maximum Gasteiger partial charge on any atom is 0.276 e. The SMILES string of the molecule is N#Cc1ccccc1NC(=O)c1ccc(NCCCc2ccccc2)nn1. The molecule has 0 radical (unpaired) electrons. The number of carbonyl (C=O) groups is 1. The topological polar surface area (TPSA) is 90.7 Å². The second-order valence-electron chi connectivity index (χ2n) is 5.93. The highest BCUT2D eigenvalue weighted by atomic mass is 16.1. The van der Waals surface area contributed by atoms with Gasteiger partial charge in [-0.3, -0.25) is 4.79 Å². The summed E-state index contributed by atoms with van der Waals surface area (Å²) < 4.78 is 0. The molecule has 6 heteroatoms. The summed E-state index contributed by atoms with van der Waals surface area (Å²) in [5.74, 6) is 0.220. The van der Waals surface area contributed by atoms with E-state index in [1.165, 1.54) is 5.56 Å². The maximum atomic E-state index is 12.3.